The molecule has 1 aliphatic heterocycles. The molecule has 0 radical (unpaired) electrons. The highest BCUT2D eigenvalue weighted by molar-refractivity contribution is 5.30. The molecule has 2 aromatic rings. The number of rotatable bonds is 6. The summed E-state index contributed by atoms with van der Waals surface area (Å²) < 4.78 is 5.87. The number of ether oxygens (including phenoxy) is 1. The van der Waals surface area contributed by atoms with Crippen LogP contribution in [0.1, 0.15) is 17.2 Å². The number of nitrogens with zero attached hydrogens (tertiary/aromatic N) is 2. The van der Waals surface area contributed by atoms with Gasteiger partial charge in [0.25, 0.3) is 0 Å². The van der Waals surface area contributed by atoms with E-state index in [1.54, 1.807) is 0 Å². The van der Waals surface area contributed by atoms with Gasteiger partial charge in [-0.15, -0.1) is 0 Å². The third kappa shape index (κ3) is 4.35. The van der Waals surface area contributed by atoms with Gasteiger partial charge in [-0.1, -0.05) is 42.5 Å². The van der Waals surface area contributed by atoms with Crippen molar-refractivity contribution in [1.82, 2.24) is 9.80 Å². The average Bonchev–Trinajstić information content (AvgIpc) is 2.64. The number of hydrogen-bond acceptors (Lipinski definition) is 4. The number of nitrogens with two attached hydrogens (primary N) is 1. The predicted molar refractivity (Wildman–Crippen MR) is 98.1 cm³/mol. The molecule has 0 aliphatic carbocycles. The highest BCUT2D eigenvalue weighted by Crippen LogP contribution is 2.23. The molecular weight excluding hydrogens is 298 g/mol. The van der Waals surface area contributed by atoms with E-state index in [0.717, 1.165) is 31.9 Å². The van der Waals surface area contributed by atoms with Crippen molar-refractivity contribution >= 4 is 0 Å². The molecule has 24 heavy (non-hydrogen) atoms. The SMILES string of the molecule is CN1CCN(C(CN)c2ccc(OCc3ccccc3)cc2)CC1. The zero-order valence-corrected chi connectivity index (χ0v) is 14.4. The first-order chi connectivity index (χ1) is 11.8. The van der Waals surface area contributed by atoms with Crippen molar-refractivity contribution in [3.63, 3.8) is 0 Å². The Labute approximate surface area is 144 Å². The Balaban J connectivity index is 1.60. The van der Waals surface area contributed by atoms with Crippen LogP contribution in [0.25, 0.3) is 0 Å². The van der Waals surface area contributed by atoms with Crippen LogP contribution in [0.3, 0.4) is 0 Å². The van der Waals surface area contributed by atoms with Crippen LogP contribution >= 0.6 is 0 Å². The average molecular weight is 325 g/mol. The summed E-state index contributed by atoms with van der Waals surface area (Å²) in [6.07, 6.45) is 0. The molecule has 4 nitrogen and oxygen atoms in total. The van der Waals surface area contributed by atoms with Crippen molar-refractivity contribution in [2.75, 3.05) is 39.8 Å². The normalized spacial score (nSPS) is 17.6. The quantitative estimate of drug-likeness (QED) is 0.886. The lowest BCUT2D eigenvalue weighted by molar-refractivity contribution is 0.114. The van der Waals surface area contributed by atoms with E-state index in [1.165, 1.54) is 11.1 Å². The Kier molecular flexibility index (Phi) is 5.86. The van der Waals surface area contributed by atoms with Crippen LogP contribution in [0.15, 0.2) is 54.6 Å². The molecule has 0 spiro atoms. The molecule has 0 aromatic heterocycles. The lowest BCUT2D eigenvalue weighted by Crippen LogP contribution is -2.47. The van der Waals surface area contributed by atoms with Crippen molar-refractivity contribution < 1.29 is 4.74 Å². The van der Waals surface area contributed by atoms with Crippen LogP contribution < -0.4 is 10.5 Å². The molecule has 128 valence electrons. The van der Waals surface area contributed by atoms with Gasteiger partial charge in [0.05, 0.1) is 0 Å². The predicted octanol–water partition coefficient (Wildman–Crippen LogP) is 2.51. The summed E-state index contributed by atoms with van der Waals surface area (Å²) in [5.74, 6) is 0.900. The molecule has 1 unspecified atom stereocenters. The topological polar surface area (TPSA) is 41.7 Å². The van der Waals surface area contributed by atoms with Crippen molar-refractivity contribution in [3.05, 3.63) is 65.7 Å². The fourth-order valence-corrected chi connectivity index (χ4v) is 3.16. The van der Waals surface area contributed by atoms with Gasteiger partial charge in [-0.25, -0.2) is 0 Å². The van der Waals surface area contributed by atoms with Gasteiger partial charge in [-0.2, -0.15) is 0 Å². The number of piperazine rings is 1. The maximum Gasteiger partial charge on any atom is 0.119 e. The van der Waals surface area contributed by atoms with Gasteiger partial charge in [0, 0.05) is 38.8 Å². The molecule has 3 rings (SSSR count). The number of benzene rings is 2. The van der Waals surface area contributed by atoms with Crippen molar-refractivity contribution in [2.45, 2.75) is 12.6 Å². The van der Waals surface area contributed by atoms with Gasteiger partial charge in [-0.05, 0) is 30.3 Å². The Morgan fingerprint density at radius 1 is 0.958 bits per heavy atom. The van der Waals surface area contributed by atoms with Crippen molar-refractivity contribution in [3.8, 4) is 5.75 Å². The van der Waals surface area contributed by atoms with Crippen LogP contribution in [0.4, 0.5) is 0 Å². The smallest absolute Gasteiger partial charge is 0.119 e. The molecule has 0 bridgehead atoms. The van der Waals surface area contributed by atoms with E-state index in [2.05, 4.69) is 53.2 Å². The molecule has 1 saturated heterocycles. The molecule has 1 atom stereocenters. The molecular formula is C20H27N3O. The Bertz CT molecular complexity index is 607. The molecule has 0 amide bonds. The van der Waals surface area contributed by atoms with Gasteiger partial charge < -0.3 is 15.4 Å². The molecule has 1 aliphatic rings. The third-order valence-corrected chi connectivity index (χ3v) is 4.72. The summed E-state index contributed by atoms with van der Waals surface area (Å²) in [7, 11) is 2.17. The van der Waals surface area contributed by atoms with E-state index in [4.69, 9.17) is 10.5 Å². The van der Waals surface area contributed by atoms with Gasteiger partial charge in [0.15, 0.2) is 0 Å². The van der Waals surface area contributed by atoms with Crippen LogP contribution in [-0.4, -0.2) is 49.6 Å². The number of likely N-dealkylation sites (N-methyl/N-ethyl adjacent to an activating group) is 1. The van der Waals surface area contributed by atoms with Crippen LogP contribution in [0, 0.1) is 0 Å². The molecule has 0 saturated carbocycles. The minimum Gasteiger partial charge on any atom is -0.489 e. The van der Waals surface area contributed by atoms with E-state index in [0.29, 0.717) is 19.2 Å². The lowest BCUT2D eigenvalue weighted by Gasteiger charge is -2.37. The van der Waals surface area contributed by atoms with Gasteiger partial charge in [-0.3, -0.25) is 4.90 Å². The molecule has 4 heteroatoms. The first-order valence-electron chi connectivity index (χ1n) is 8.65. The van der Waals surface area contributed by atoms with E-state index >= 15 is 0 Å². The van der Waals surface area contributed by atoms with E-state index < -0.39 is 0 Å². The van der Waals surface area contributed by atoms with Gasteiger partial charge in [0.2, 0.25) is 0 Å². The van der Waals surface area contributed by atoms with Gasteiger partial charge in [0.1, 0.15) is 12.4 Å². The summed E-state index contributed by atoms with van der Waals surface area (Å²) >= 11 is 0. The standard InChI is InChI=1S/C20H27N3O/c1-22-11-13-23(14-12-22)20(15-21)18-7-9-19(10-8-18)24-16-17-5-3-2-4-6-17/h2-10,20H,11-16,21H2,1H3. The zero-order valence-electron chi connectivity index (χ0n) is 14.4. The highest BCUT2D eigenvalue weighted by atomic mass is 16.5. The fourth-order valence-electron chi connectivity index (χ4n) is 3.16. The van der Waals surface area contributed by atoms with E-state index in [-0.39, 0.29) is 0 Å². The zero-order chi connectivity index (χ0) is 16.8. The Hall–Kier alpha value is -1.88. The second-order valence-electron chi connectivity index (χ2n) is 6.43. The minimum absolute atomic E-state index is 0.293. The van der Waals surface area contributed by atoms with E-state index in [9.17, 15) is 0 Å². The van der Waals surface area contributed by atoms with Crippen LogP contribution in [-0.2, 0) is 6.61 Å². The van der Waals surface area contributed by atoms with Gasteiger partial charge >= 0.3 is 0 Å². The van der Waals surface area contributed by atoms with E-state index in [1.807, 2.05) is 18.2 Å². The summed E-state index contributed by atoms with van der Waals surface area (Å²) in [6.45, 7) is 5.60. The fraction of sp³-hybridized carbons (Fsp3) is 0.400. The van der Waals surface area contributed by atoms with Crippen LogP contribution in [0.5, 0.6) is 5.75 Å². The second-order valence-corrected chi connectivity index (χ2v) is 6.43. The third-order valence-electron chi connectivity index (χ3n) is 4.72. The number of hydrogen-bond donors (Lipinski definition) is 1. The first kappa shape index (κ1) is 17.0. The Morgan fingerprint density at radius 3 is 2.25 bits per heavy atom. The maximum absolute atomic E-state index is 6.06. The molecule has 2 aromatic carbocycles. The Morgan fingerprint density at radius 2 is 1.62 bits per heavy atom. The monoisotopic (exact) mass is 325 g/mol. The highest BCUT2D eigenvalue weighted by Gasteiger charge is 2.22. The summed E-state index contributed by atoms with van der Waals surface area (Å²) in [6, 6.07) is 18.9. The first-order valence-corrected chi connectivity index (χ1v) is 8.65. The van der Waals surface area contributed by atoms with Crippen LogP contribution in [0.2, 0.25) is 0 Å². The largest absolute Gasteiger partial charge is 0.489 e. The van der Waals surface area contributed by atoms with Crippen molar-refractivity contribution in [1.29, 1.82) is 0 Å². The summed E-state index contributed by atoms with van der Waals surface area (Å²) in [5.41, 5.74) is 8.51. The summed E-state index contributed by atoms with van der Waals surface area (Å²) in [5, 5.41) is 0. The summed E-state index contributed by atoms with van der Waals surface area (Å²) in [4.78, 5) is 4.85. The lowest BCUT2D eigenvalue weighted by atomic mass is 10.0. The molecule has 2 N–H and O–H groups in total. The second kappa shape index (κ2) is 8.29. The molecule has 1 fully saturated rings. The minimum atomic E-state index is 0.293. The van der Waals surface area contributed by atoms with Crippen molar-refractivity contribution in [2.24, 2.45) is 5.73 Å². The maximum atomic E-state index is 6.06. The molecule has 1 heterocycles.